The fourth-order valence-electron chi connectivity index (χ4n) is 5.08. The topological polar surface area (TPSA) is 123 Å². The van der Waals surface area contributed by atoms with Crippen LogP contribution in [0.4, 0.5) is 11.5 Å². The van der Waals surface area contributed by atoms with Crippen LogP contribution in [-0.4, -0.2) is 86.0 Å². The molecule has 5 rings (SSSR count). The van der Waals surface area contributed by atoms with Gasteiger partial charge in [0.2, 0.25) is 5.91 Å². The molecule has 224 valence electrons. The number of benzene rings is 2. The molecule has 0 spiro atoms. The van der Waals surface area contributed by atoms with Crippen molar-refractivity contribution in [2.45, 2.75) is 24.7 Å². The number of carboxylic acids is 1. The number of nitrogens with zero attached hydrogens (tertiary/aromatic N) is 4. The Morgan fingerprint density at radius 2 is 1.59 bits per heavy atom. The summed E-state index contributed by atoms with van der Waals surface area (Å²) in [5, 5.41) is 10.3. The maximum absolute atomic E-state index is 12.9. The smallest absolute Gasteiger partial charge is 0.336 e. The molecule has 0 aliphatic carbocycles. The number of hydrogen-bond donors (Lipinski definition) is 2. The normalized spacial score (nSPS) is 15.4. The van der Waals surface area contributed by atoms with Crippen LogP contribution in [0.5, 0.6) is 0 Å². The third-order valence-corrected chi connectivity index (χ3v) is 8.72. The van der Waals surface area contributed by atoms with Crippen LogP contribution in [0.25, 0.3) is 10.9 Å². The third-order valence-electron chi connectivity index (χ3n) is 7.17. The molecule has 1 aromatic heterocycles. The molecule has 2 fully saturated rings. The van der Waals surface area contributed by atoms with Gasteiger partial charge in [0.25, 0.3) is 10.0 Å². The van der Waals surface area contributed by atoms with Crippen molar-refractivity contribution in [2.24, 2.45) is 0 Å². The van der Waals surface area contributed by atoms with Crippen molar-refractivity contribution in [3.63, 3.8) is 0 Å². The molecule has 0 bridgehead atoms. The van der Waals surface area contributed by atoms with E-state index in [2.05, 4.69) is 9.62 Å². The van der Waals surface area contributed by atoms with E-state index in [4.69, 9.17) is 4.98 Å². The van der Waals surface area contributed by atoms with Crippen LogP contribution in [0.15, 0.2) is 53.4 Å². The summed E-state index contributed by atoms with van der Waals surface area (Å²) in [6, 6.07) is 12.9. The first-order valence-corrected chi connectivity index (χ1v) is 14.2. The number of aromatic nitrogens is 1. The summed E-state index contributed by atoms with van der Waals surface area (Å²) in [7, 11) is -3.85. The molecule has 0 saturated carbocycles. The number of rotatable bonds is 7. The van der Waals surface area contributed by atoms with Gasteiger partial charge in [0.1, 0.15) is 5.82 Å². The van der Waals surface area contributed by atoms with Gasteiger partial charge in [-0.15, -0.1) is 37.2 Å². The number of aryl methyl sites for hydroxylation is 1. The number of anilines is 2. The average molecular weight is 647 g/mol. The molecule has 2 aromatic carbocycles. The van der Waals surface area contributed by atoms with Gasteiger partial charge in [-0.2, -0.15) is 0 Å². The lowest BCUT2D eigenvalue weighted by Gasteiger charge is -2.35. The number of likely N-dealkylation sites (tertiary alicyclic amines) is 1. The Balaban J connectivity index is 0.00000196. The zero-order valence-corrected chi connectivity index (χ0v) is 25.8. The predicted molar refractivity (Wildman–Crippen MR) is 167 cm³/mol. The summed E-state index contributed by atoms with van der Waals surface area (Å²) in [5.41, 5.74) is 1.38. The Labute approximate surface area is 258 Å². The molecule has 1 amide bonds. The highest BCUT2D eigenvalue weighted by Crippen LogP contribution is 2.28. The van der Waals surface area contributed by atoms with Gasteiger partial charge in [-0.25, -0.2) is 18.2 Å². The van der Waals surface area contributed by atoms with Crippen molar-refractivity contribution in [1.29, 1.82) is 0 Å². The molecule has 10 nitrogen and oxygen atoms in total. The van der Waals surface area contributed by atoms with E-state index in [0.29, 0.717) is 55.0 Å². The first-order valence-electron chi connectivity index (χ1n) is 12.7. The number of halogens is 3. The van der Waals surface area contributed by atoms with Gasteiger partial charge in [0.15, 0.2) is 0 Å². The van der Waals surface area contributed by atoms with E-state index >= 15 is 0 Å². The summed E-state index contributed by atoms with van der Waals surface area (Å²) in [5.74, 6) is -0.400. The molecule has 2 N–H and O–H groups in total. The average Bonchev–Trinajstić information content (AvgIpc) is 3.44. The fraction of sp³-hybridized carbons (Fsp3) is 0.370. The van der Waals surface area contributed by atoms with Gasteiger partial charge in [0.05, 0.1) is 22.5 Å². The molecule has 3 heterocycles. The number of aromatic carboxylic acids is 1. The zero-order valence-electron chi connectivity index (χ0n) is 22.5. The number of fused-ring (bicyclic) bond motifs is 1. The number of nitrogens with one attached hydrogen (secondary N) is 1. The Morgan fingerprint density at radius 3 is 2.22 bits per heavy atom. The molecule has 2 aliphatic rings. The van der Waals surface area contributed by atoms with Crippen LogP contribution in [0, 0.1) is 6.92 Å². The Morgan fingerprint density at radius 1 is 0.927 bits per heavy atom. The van der Waals surface area contributed by atoms with E-state index < -0.39 is 16.0 Å². The summed E-state index contributed by atoms with van der Waals surface area (Å²) in [6.45, 7) is 6.41. The summed E-state index contributed by atoms with van der Waals surface area (Å²) in [4.78, 5) is 35.6. The second-order valence-corrected chi connectivity index (χ2v) is 11.4. The van der Waals surface area contributed by atoms with Crippen LogP contribution in [0.2, 0.25) is 0 Å². The minimum Gasteiger partial charge on any atom is -0.478 e. The molecule has 14 heteroatoms. The molecule has 0 radical (unpaired) electrons. The number of carboxylic acid groups (broad SMARTS) is 1. The van der Waals surface area contributed by atoms with Gasteiger partial charge >= 0.3 is 5.97 Å². The molecule has 2 saturated heterocycles. The van der Waals surface area contributed by atoms with Crippen molar-refractivity contribution in [2.75, 3.05) is 55.4 Å². The molecule has 0 unspecified atom stereocenters. The highest BCUT2D eigenvalue weighted by Gasteiger charge is 2.25. The van der Waals surface area contributed by atoms with E-state index in [1.54, 1.807) is 37.3 Å². The Kier molecular flexibility index (Phi) is 12.0. The number of carbonyl (C=O) groups excluding carboxylic acids is 1. The van der Waals surface area contributed by atoms with E-state index in [0.717, 1.165) is 25.9 Å². The lowest BCUT2D eigenvalue weighted by molar-refractivity contribution is -0.131. The van der Waals surface area contributed by atoms with Crippen molar-refractivity contribution in [3.8, 4) is 0 Å². The van der Waals surface area contributed by atoms with Gasteiger partial charge in [-0.1, -0.05) is 18.2 Å². The summed E-state index contributed by atoms with van der Waals surface area (Å²) < 4.78 is 28.4. The molecule has 0 atom stereocenters. The van der Waals surface area contributed by atoms with E-state index in [9.17, 15) is 23.1 Å². The lowest BCUT2D eigenvalue weighted by Crippen LogP contribution is -2.50. The SMILES string of the molecule is Cc1ccccc1S(=O)(=O)Nc1ccc2nc(N3CCN(CC(=O)N4CCCC4)CC3)cc(C(=O)O)c2c1.Cl.Cl.Cl. The zero-order chi connectivity index (χ0) is 26.9. The van der Waals surface area contributed by atoms with Gasteiger partial charge in [-0.05, 0) is 55.7 Å². The van der Waals surface area contributed by atoms with Crippen molar-refractivity contribution >= 4 is 81.5 Å². The molecule has 41 heavy (non-hydrogen) atoms. The number of hydrogen-bond acceptors (Lipinski definition) is 7. The second-order valence-electron chi connectivity index (χ2n) is 9.79. The Bertz CT molecular complexity index is 1490. The van der Waals surface area contributed by atoms with Gasteiger partial charge in [-0.3, -0.25) is 14.4 Å². The minimum absolute atomic E-state index is 0. The van der Waals surface area contributed by atoms with Crippen molar-refractivity contribution < 1.29 is 23.1 Å². The van der Waals surface area contributed by atoms with Crippen LogP contribution in [-0.2, 0) is 14.8 Å². The van der Waals surface area contributed by atoms with Crippen molar-refractivity contribution in [3.05, 3.63) is 59.7 Å². The van der Waals surface area contributed by atoms with E-state index in [-0.39, 0.29) is 59.3 Å². The van der Waals surface area contributed by atoms with Crippen LogP contribution in [0.1, 0.15) is 28.8 Å². The third kappa shape index (κ3) is 7.72. The molecular formula is C27H34Cl3N5O5S. The van der Waals surface area contributed by atoms with Crippen LogP contribution in [0.3, 0.4) is 0 Å². The highest BCUT2D eigenvalue weighted by molar-refractivity contribution is 7.92. The predicted octanol–water partition coefficient (Wildman–Crippen LogP) is 4.05. The number of piperazine rings is 1. The monoisotopic (exact) mass is 645 g/mol. The first-order chi connectivity index (χ1) is 18.2. The highest BCUT2D eigenvalue weighted by atomic mass is 35.5. The molecule has 2 aliphatic heterocycles. The summed E-state index contributed by atoms with van der Waals surface area (Å²) in [6.07, 6.45) is 2.14. The lowest BCUT2D eigenvalue weighted by atomic mass is 10.1. The molecule has 3 aromatic rings. The Hall–Kier alpha value is -2.83. The number of sulfonamides is 1. The van der Waals surface area contributed by atoms with Crippen molar-refractivity contribution in [1.82, 2.24) is 14.8 Å². The number of pyridine rings is 1. The van der Waals surface area contributed by atoms with Crippen LogP contribution >= 0.6 is 37.2 Å². The van der Waals surface area contributed by atoms with E-state index in [1.165, 1.54) is 18.2 Å². The fourth-order valence-corrected chi connectivity index (χ4v) is 6.37. The summed E-state index contributed by atoms with van der Waals surface area (Å²) >= 11 is 0. The van der Waals surface area contributed by atoms with Gasteiger partial charge in [0, 0.05) is 50.3 Å². The van der Waals surface area contributed by atoms with E-state index in [1.807, 2.05) is 9.80 Å². The standard InChI is InChI=1S/C27H31N5O5S.3ClH/c1-19-6-2-3-7-24(19)38(36,37)29-20-8-9-23-21(16-20)22(27(34)35)17-25(28-23)31-14-12-30(13-15-31)18-26(33)32-10-4-5-11-32;;;/h2-3,6-9,16-17,29H,4-5,10-15,18H2,1H3,(H,34,35);3*1H. The molecular weight excluding hydrogens is 613 g/mol. The minimum atomic E-state index is -3.85. The number of carbonyl (C=O) groups is 2. The van der Waals surface area contributed by atoms with Crippen LogP contribution < -0.4 is 9.62 Å². The first kappa shape index (κ1) is 34.4. The number of amides is 1. The largest absolute Gasteiger partial charge is 0.478 e. The maximum atomic E-state index is 12.9. The van der Waals surface area contributed by atoms with Gasteiger partial charge < -0.3 is 14.9 Å². The second kappa shape index (κ2) is 14.4. The maximum Gasteiger partial charge on any atom is 0.336 e. The quantitative estimate of drug-likeness (QED) is 0.394.